The van der Waals surface area contributed by atoms with Crippen LogP contribution >= 0.6 is 0 Å². The molecule has 2 aromatic rings. The van der Waals surface area contributed by atoms with Crippen LogP contribution < -0.4 is 5.01 Å². The second-order valence-electron chi connectivity index (χ2n) is 5.85. The zero-order valence-corrected chi connectivity index (χ0v) is 13.4. The summed E-state index contributed by atoms with van der Waals surface area (Å²) in [7, 11) is 0. The summed E-state index contributed by atoms with van der Waals surface area (Å²) in [6, 6.07) is 9.33. The van der Waals surface area contributed by atoms with E-state index in [1.165, 1.54) is 0 Å². The third-order valence-electron chi connectivity index (χ3n) is 4.41. The van der Waals surface area contributed by atoms with E-state index < -0.39 is 11.9 Å². The first-order valence-electron chi connectivity index (χ1n) is 7.54. The minimum Gasteiger partial charge on any atom is -0.481 e. The van der Waals surface area contributed by atoms with Gasteiger partial charge < -0.3 is 5.11 Å². The van der Waals surface area contributed by atoms with E-state index in [1.807, 2.05) is 49.2 Å². The maximum atomic E-state index is 11.8. The summed E-state index contributed by atoms with van der Waals surface area (Å²) in [5.41, 5.74) is 4.64. The number of hydrogen-bond donors (Lipinski definition) is 1. The molecule has 23 heavy (non-hydrogen) atoms. The van der Waals surface area contributed by atoms with Gasteiger partial charge >= 0.3 is 5.97 Å². The van der Waals surface area contributed by atoms with Gasteiger partial charge in [0.1, 0.15) is 5.92 Å². The van der Waals surface area contributed by atoms with Crippen molar-refractivity contribution in [2.24, 2.45) is 11.0 Å². The number of carboxylic acids is 1. The highest BCUT2D eigenvalue weighted by atomic mass is 16.4. The van der Waals surface area contributed by atoms with Crippen molar-refractivity contribution in [3.8, 4) is 0 Å². The van der Waals surface area contributed by atoms with Gasteiger partial charge in [-0.15, -0.1) is 0 Å². The molecular formula is C18H19N3O2. The van der Waals surface area contributed by atoms with E-state index in [9.17, 15) is 9.90 Å². The van der Waals surface area contributed by atoms with E-state index in [2.05, 4.69) is 10.1 Å². The van der Waals surface area contributed by atoms with Crippen molar-refractivity contribution in [3.05, 3.63) is 59.4 Å². The third-order valence-corrected chi connectivity index (χ3v) is 4.41. The first-order chi connectivity index (χ1) is 11.0. The summed E-state index contributed by atoms with van der Waals surface area (Å²) < 4.78 is 0. The highest BCUT2D eigenvalue weighted by molar-refractivity contribution is 6.03. The Morgan fingerprint density at radius 2 is 1.96 bits per heavy atom. The number of benzene rings is 1. The van der Waals surface area contributed by atoms with Gasteiger partial charge in [0, 0.05) is 12.4 Å². The quantitative estimate of drug-likeness (QED) is 0.944. The van der Waals surface area contributed by atoms with Gasteiger partial charge in [-0.3, -0.25) is 14.8 Å². The number of aromatic nitrogens is 1. The summed E-state index contributed by atoms with van der Waals surface area (Å²) in [5, 5.41) is 16.1. The molecule has 2 unspecified atom stereocenters. The van der Waals surface area contributed by atoms with Crippen molar-refractivity contribution in [1.82, 2.24) is 4.98 Å². The molecule has 5 nitrogen and oxygen atoms in total. The summed E-state index contributed by atoms with van der Waals surface area (Å²) >= 11 is 0. The molecule has 0 spiro atoms. The maximum absolute atomic E-state index is 11.8. The molecule has 0 radical (unpaired) electrons. The molecule has 1 aliphatic rings. The number of aryl methyl sites for hydroxylation is 1. The van der Waals surface area contributed by atoms with Crippen LogP contribution in [0.3, 0.4) is 0 Å². The Bertz CT molecular complexity index is 771. The van der Waals surface area contributed by atoms with Crippen LogP contribution in [0.4, 0.5) is 5.69 Å². The van der Waals surface area contributed by atoms with Crippen LogP contribution in [0.25, 0.3) is 0 Å². The van der Waals surface area contributed by atoms with E-state index in [-0.39, 0.29) is 6.04 Å². The van der Waals surface area contributed by atoms with Gasteiger partial charge in [0.05, 0.1) is 17.4 Å². The lowest BCUT2D eigenvalue weighted by Gasteiger charge is -2.28. The molecule has 0 bridgehead atoms. The number of pyridine rings is 1. The van der Waals surface area contributed by atoms with Crippen molar-refractivity contribution in [2.45, 2.75) is 26.8 Å². The van der Waals surface area contributed by atoms with Gasteiger partial charge in [0.25, 0.3) is 0 Å². The molecular weight excluding hydrogens is 290 g/mol. The minimum atomic E-state index is -0.868. The van der Waals surface area contributed by atoms with Crippen molar-refractivity contribution in [1.29, 1.82) is 0 Å². The van der Waals surface area contributed by atoms with Gasteiger partial charge in [0.15, 0.2) is 0 Å². The molecule has 0 saturated carbocycles. The Morgan fingerprint density at radius 1 is 1.17 bits per heavy atom. The fourth-order valence-electron chi connectivity index (χ4n) is 3.05. The lowest BCUT2D eigenvalue weighted by atomic mass is 9.91. The molecule has 1 aromatic heterocycles. The van der Waals surface area contributed by atoms with Gasteiger partial charge in [-0.25, -0.2) is 0 Å². The van der Waals surface area contributed by atoms with Crippen molar-refractivity contribution in [2.75, 3.05) is 5.01 Å². The molecule has 0 saturated heterocycles. The normalized spacial score (nSPS) is 20.5. The Kier molecular flexibility index (Phi) is 3.86. The Morgan fingerprint density at radius 3 is 2.61 bits per heavy atom. The molecule has 1 N–H and O–H groups in total. The average Bonchev–Trinajstić information content (AvgIpc) is 2.88. The summed E-state index contributed by atoms with van der Waals surface area (Å²) in [6.07, 6.45) is 3.40. The first kappa shape index (κ1) is 15.2. The standard InChI is InChI=1S/C18H19N3O2/c1-11-6-4-8-15(12(11)2)21-17(14-7-5-9-19-10-14)16(18(22)23)13(3)20-21/h4-10,16-17H,1-3H3,(H,22,23). The molecule has 118 valence electrons. The van der Waals surface area contributed by atoms with Gasteiger partial charge in [0.2, 0.25) is 0 Å². The Labute approximate surface area is 135 Å². The smallest absolute Gasteiger partial charge is 0.314 e. The summed E-state index contributed by atoms with van der Waals surface area (Å²) in [4.78, 5) is 15.9. The molecule has 0 fully saturated rings. The van der Waals surface area contributed by atoms with E-state index in [0.29, 0.717) is 5.71 Å². The first-order valence-corrected chi connectivity index (χ1v) is 7.54. The Balaban J connectivity index is 2.14. The van der Waals surface area contributed by atoms with Crippen LogP contribution in [-0.4, -0.2) is 21.8 Å². The average molecular weight is 309 g/mol. The topological polar surface area (TPSA) is 65.8 Å². The number of nitrogens with zero attached hydrogens (tertiary/aromatic N) is 3. The van der Waals surface area contributed by atoms with Crippen molar-refractivity contribution < 1.29 is 9.90 Å². The molecule has 0 amide bonds. The van der Waals surface area contributed by atoms with E-state index in [0.717, 1.165) is 22.4 Å². The Hall–Kier alpha value is -2.69. The fraction of sp³-hybridized carbons (Fsp3) is 0.278. The SMILES string of the molecule is CC1=NN(c2cccc(C)c2C)C(c2cccnc2)C1C(=O)O. The van der Waals surface area contributed by atoms with Crippen LogP contribution in [0.5, 0.6) is 0 Å². The second kappa shape index (κ2) is 5.83. The second-order valence-corrected chi connectivity index (χ2v) is 5.85. The fourth-order valence-corrected chi connectivity index (χ4v) is 3.05. The number of hydrazone groups is 1. The van der Waals surface area contributed by atoms with Gasteiger partial charge in [-0.05, 0) is 49.6 Å². The highest BCUT2D eigenvalue weighted by Crippen LogP contribution is 2.40. The molecule has 2 atom stereocenters. The molecule has 1 aliphatic heterocycles. The molecule has 0 aliphatic carbocycles. The zero-order valence-electron chi connectivity index (χ0n) is 13.4. The number of carbonyl (C=O) groups is 1. The molecule has 2 heterocycles. The number of aliphatic carboxylic acids is 1. The number of hydrogen-bond acceptors (Lipinski definition) is 4. The lowest BCUT2D eigenvalue weighted by molar-refractivity contribution is -0.139. The summed E-state index contributed by atoms with van der Waals surface area (Å²) in [6.45, 7) is 5.84. The molecule has 5 heteroatoms. The molecule has 3 rings (SSSR count). The van der Waals surface area contributed by atoms with Crippen LogP contribution in [-0.2, 0) is 4.79 Å². The third kappa shape index (κ3) is 2.59. The van der Waals surface area contributed by atoms with Gasteiger partial charge in [-0.2, -0.15) is 5.10 Å². The van der Waals surface area contributed by atoms with Crippen LogP contribution in [0.15, 0.2) is 47.8 Å². The number of carboxylic acid groups (broad SMARTS) is 1. The maximum Gasteiger partial charge on any atom is 0.314 e. The highest BCUT2D eigenvalue weighted by Gasteiger charge is 2.42. The number of anilines is 1. The minimum absolute atomic E-state index is 0.387. The molecule has 1 aromatic carbocycles. The van der Waals surface area contributed by atoms with E-state index >= 15 is 0 Å². The van der Waals surface area contributed by atoms with Crippen molar-refractivity contribution in [3.63, 3.8) is 0 Å². The monoisotopic (exact) mass is 309 g/mol. The van der Waals surface area contributed by atoms with E-state index in [1.54, 1.807) is 19.3 Å². The van der Waals surface area contributed by atoms with E-state index in [4.69, 9.17) is 0 Å². The van der Waals surface area contributed by atoms with Crippen LogP contribution in [0, 0.1) is 19.8 Å². The summed E-state index contributed by atoms with van der Waals surface area (Å²) in [5.74, 6) is -1.55. The largest absolute Gasteiger partial charge is 0.481 e. The predicted molar refractivity (Wildman–Crippen MR) is 89.6 cm³/mol. The van der Waals surface area contributed by atoms with Crippen LogP contribution in [0.1, 0.15) is 29.7 Å². The van der Waals surface area contributed by atoms with Crippen LogP contribution in [0.2, 0.25) is 0 Å². The van der Waals surface area contributed by atoms with Crippen molar-refractivity contribution >= 4 is 17.4 Å². The van der Waals surface area contributed by atoms with Gasteiger partial charge in [-0.1, -0.05) is 18.2 Å². The zero-order chi connectivity index (χ0) is 16.6. The predicted octanol–water partition coefficient (Wildman–Crippen LogP) is 3.34. The lowest BCUT2D eigenvalue weighted by Crippen LogP contribution is -2.31. The number of rotatable bonds is 3.